The summed E-state index contributed by atoms with van der Waals surface area (Å²) in [5.41, 5.74) is 2.23. The van der Waals surface area contributed by atoms with E-state index in [1.54, 1.807) is 0 Å². The van der Waals surface area contributed by atoms with Crippen molar-refractivity contribution in [3.63, 3.8) is 0 Å². The van der Waals surface area contributed by atoms with E-state index >= 15 is 0 Å². The van der Waals surface area contributed by atoms with Gasteiger partial charge in [0.1, 0.15) is 5.52 Å². The van der Waals surface area contributed by atoms with E-state index in [0.29, 0.717) is 0 Å². The summed E-state index contributed by atoms with van der Waals surface area (Å²) in [5, 5.41) is 3.27. The molecule has 0 unspecified atom stereocenters. The van der Waals surface area contributed by atoms with Crippen LogP contribution in [0.1, 0.15) is 23.2 Å². The van der Waals surface area contributed by atoms with Crippen LogP contribution in [-0.2, 0) is 0 Å². The highest BCUT2D eigenvalue weighted by molar-refractivity contribution is 6.00. The number of carbonyl (C=O) groups is 1. The Hall–Kier alpha value is -1.68. The number of carbonyl (C=O) groups excluding carboxylic acids is 1. The summed E-state index contributed by atoms with van der Waals surface area (Å²) in [6.07, 6.45) is 3.26. The minimum atomic E-state index is 0.153. The van der Waals surface area contributed by atoms with Gasteiger partial charge in [-0.3, -0.25) is 4.79 Å². The van der Waals surface area contributed by atoms with Gasteiger partial charge in [-0.2, -0.15) is 0 Å². The maximum absolute atomic E-state index is 12.3. The van der Waals surface area contributed by atoms with E-state index in [1.165, 1.54) is 6.39 Å². The number of hydrogen-bond acceptors (Lipinski definition) is 4. The number of aromatic nitrogens is 1. The number of rotatable bonds is 2. The van der Waals surface area contributed by atoms with Crippen LogP contribution in [0.4, 0.5) is 0 Å². The number of Topliss-reactive ketones (excluding diaryl/α,β-unsaturated/α-hetero) is 1. The largest absolute Gasteiger partial charge is 0.443 e. The van der Waals surface area contributed by atoms with Crippen molar-refractivity contribution in [3.8, 4) is 0 Å². The third-order valence-corrected chi connectivity index (χ3v) is 3.32. The van der Waals surface area contributed by atoms with Crippen LogP contribution in [0.2, 0.25) is 0 Å². The maximum atomic E-state index is 12.3. The first-order valence-electron chi connectivity index (χ1n) is 5.93. The van der Waals surface area contributed by atoms with Crippen LogP contribution in [0.5, 0.6) is 0 Å². The number of benzene rings is 1. The standard InChI is InChI=1S/C13H14N2O2/c16-13(9-3-5-14-6-4-9)10-1-2-12-11(7-10)15-8-17-12/h1-2,7-9,14H,3-6H2. The molecule has 4 heteroatoms. The summed E-state index contributed by atoms with van der Waals surface area (Å²) >= 11 is 0. The van der Waals surface area contributed by atoms with Crippen molar-refractivity contribution in [2.24, 2.45) is 5.92 Å². The molecule has 17 heavy (non-hydrogen) atoms. The number of oxazole rings is 1. The number of nitrogens with one attached hydrogen (secondary N) is 1. The van der Waals surface area contributed by atoms with Gasteiger partial charge < -0.3 is 9.73 Å². The summed E-state index contributed by atoms with van der Waals surface area (Å²) < 4.78 is 5.17. The van der Waals surface area contributed by atoms with Crippen LogP contribution < -0.4 is 5.32 Å². The van der Waals surface area contributed by atoms with Crippen LogP contribution >= 0.6 is 0 Å². The van der Waals surface area contributed by atoms with Gasteiger partial charge in [0, 0.05) is 11.5 Å². The molecule has 3 rings (SSSR count). The first kappa shape index (κ1) is 10.5. The quantitative estimate of drug-likeness (QED) is 0.802. The van der Waals surface area contributed by atoms with Crippen LogP contribution in [-0.4, -0.2) is 23.9 Å². The molecule has 1 aromatic heterocycles. The second-order valence-electron chi connectivity index (χ2n) is 4.42. The van der Waals surface area contributed by atoms with Crippen molar-refractivity contribution in [3.05, 3.63) is 30.2 Å². The van der Waals surface area contributed by atoms with Crippen molar-refractivity contribution in [2.75, 3.05) is 13.1 Å². The Morgan fingerprint density at radius 1 is 1.35 bits per heavy atom. The van der Waals surface area contributed by atoms with Gasteiger partial charge in [-0.1, -0.05) is 0 Å². The zero-order valence-corrected chi connectivity index (χ0v) is 9.48. The average molecular weight is 230 g/mol. The van der Waals surface area contributed by atoms with E-state index in [4.69, 9.17) is 4.42 Å². The molecule has 4 nitrogen and oxygen atoms in total. The highest BCUT2D eigenvalue weighted by Gasteiger charge is 2.22. The third-order valence-electron chi connectivity index (χ3n) is 3.32. The predicted octanol–water partition coefficient (Wildman–Crippen LogP) is 2.01. The highest BCUT2D eigenvalue weighted by Crippen LogP contribution is 2.21. The molecule has 0 aliphatic carbocycles. The summed E-state index contributed by atoms with van der Waals surface area (Å²) in [6, 6.07) is 5.47. The first-order chi connectivity index (χ1) is 8.34. The summed E-state index contributed by atoms with van der Waals surface area (Å²) in [7, 11) is 0. The van der Waals surface area contributed by atoms with E-state index in [2.05, 4.69) is 10.3 Å². The molecule has 2 aromatic rings. The first-order valence-corrected chi connectivity index (χ1v) is 5.93. The van der Waals surface area contributed by atoms with E-state index in [0.717, 1.165) is 42.6 Å². The minimum Gasteiger partial charge on any atom is -0.443 e. The number of piperidine rings is 1. The molecule has 0 bridgehead atoms. The van der Waals surface area contributed by atoms with Gasteiger partial charge in [-0.15, -0.1) is 0 Å². The molecule has 0 radical (unpaired) electrons. The molecule has 88 valence electrons. The van der Waals surface area contributed by atoms with Gasteiger partial charge in [0.05, 0.1) is 0 Å². The summed E-state index contributed by atoms with van der Waals surface area (Å²) in [6.45, 7) is 1.87. The molecule has 1 aliphatic rings. The molecule has 1 aliphatic heterocycles. The SMILES string of the molecule is O=C(c1ccc2ocnc2c1)C1CCNCC1. The Morgan fingerprint density at radius 3 is 3.00 bits per heavy atom. The third kappa shape index (κ3) is 1.96. The van der Waals surface area contributed by atoms with E-state index in [-0.39, 0.29) is 11.7 Å². The molecule has 0 atom stereocenters. The minimum absolute atomic E-state index is 0.153. The molecule has 0 amide bonds. The molecule has 1 N–H and O–H groups in total. The van der Waals surface area contributed by atoms with E-state index in [1.807, 2.05) is 18.2 Å². The lowest BCUT2D eigenvalue weighted by Gasteiger charge is -2.21. The summed E-state index contributed by atoms with van der Waals surface area (Å²) in [5.74, 6) is 0.386. The lowest BCUT2D eigenvalue weighted by atomic mass is 9.89. The predicted molar refractivity (Wildman–Crippen MR) is 63.9 cm³/mol. The number of hydrogen-bond donors (Lipinski definition) is 1. The van der Waals surface area contributed by atoms with Gasteiger partial charge in [-0.25, -0.2) is 4.98 Å². The van der Waals surface area contributed by atoms with Crippen LogP contribution in [0.3, 0.4) is 0 Å². The fraction of sp³-hybridized carbons (Fsp3) is 0.385. The highest BCUT2D eigenvalue weighted by atomic mass is 16.3. The molecule has 2 heterocycles. The van der Waals surface area contributed by atoms with Crippen LogP contribution in [0.25, 0.3) is 11.1 Å². The molecule has 1 fully saturated rings. The Balaban J connectivity index is 1.88. The van der Waals surface area contributed by atoms with Crippen molar-refractivity contribution < 1.29 is 9.21 Å². The molecular formula is C13H14N2O2. The second kappa shape index (κ2) is 4.30. The van der Waals surface area contributed by atoms with Crippen molar-refractivity contribution in [1.82, 2.24) is 10.3 Å². The van der Waals surface area contributed by atoms with Gasteiger partial charge >= 0.3 is 0 Å². The Bertz CT molecular complexity index is 541. The number of fused-ring (bicyclic) bond motifs is 1. The average Bonchev–Trinajstić information content (AvgIpc) is 2.86. The van der Waals surface area contributed by atoms with Gasteiger partial charge in [0.25, 0.3) is 0 Å². The van der Waals surface area contributed by atoms with E-state index in [9.17, 15) is 4.79 Å². The zero-order chi connectivity index (χ0) is 11.7. The molecule has 1 aromatic carbocycles. The Morgan fingerprint density at radius 2 is 2.18 bits per heavy atom. The smallest absolute Gasteiger partial charge is 0.181 e. The lowest BCUT2D eigenvalue weighted by molar-refractivity contribution is 0.0895. The van der Waals surface area contributed by atoms with Crippen LogP contribution in [0, 0.1) is 5.92 Å². The monoisotopic (exact) mass is 230 g/mol. The van der Waals surface area contributed by atoms with E-state index < -0.39 is 0 Å². The number of nitrogens with zero attached hydrogens (tertiary/aromatic N) is 1. The summed E-state index contributed by atoms with van der Waals surface area (Å²) in [4.78, 5) is 16.4. The number of ketones is 1. The molecule has 0 saturated carbocycles. The fourth-order valence-corrected chi connectivity index (χ4v) is 2.33. The molecule has 0 spiro atoms. The zero-order valence-electron chi connectivity index (χ0n) is 9.48. The van der Waals surface area contributed by atoms with Gasteiger partial charge in [-0.05, 0) is 44.1 Å². The molecule has 1 saturated heterocycles. The van der Waals surface area contributed by atoms with Crippen molar-refractivity contribution in [2.45, 2.75) is 12.8 Å². The van der Waals surface area contributed by atoms with Gasteiger partial charge in [0.2, 0.25) is 0 Å². The van der Waals surface area contributed by atoms with Gasteiger partial charge in [0.15, 0.2) is 17.8 Å². The van der Waals surface area contributed by atoms with Crippen LogP contribution in [0.15, 0.2) is 29.0 Å². The molecular weight excluding hydrogens is 216 g/mol. The Kier molecular flexibility index (Phi) is 2.65. The lowest BCUT2D eigenvalue weighted by Crippen LogP contribution is -2.31. The second-order valence-corrected chi connectivity index (χ2v) is 4.42. The fourth-order valence-electron chi connectivity index (χ4n) is 2.33. The topological polar surface area (TPSA) is 55.1 Å². The van der Waals surface area contributed by atoms with Crippen molar-refractivity contribution >= 4 is 16.9 Å². The normalized spacial score (nSPS) is 17.4. The van der Waals surface area contributed by atoms with Crippen molar-refractivity contribution in [1.29, 1.82) is 0 Å². The Labute approximate surface area is 99.0 Å². The maximum Gasteiger partial charge on any atom is 0.181 e.